The zero-order valence-corrected chi connectivity index (χ0v) is 18.4. The van der Waals surface area contributed by atoms with E-state index in [9.17, 15) is 4.79 Å². The Bertz CT molecular complexity index is 994. The molecule has 3 aromatic rings. The first-order chi connectivity index (χ1) is 15.0. The average Bonchev–Trinajstić information content (AvgIpc) is 3.30. The summed E-state index contributed by atoms with van der Waals surface area (Å²) in [6, 6.07) is 16.6. The Morgan fingerprint density at radius 3 is 2.42 bits per heavy atom. The van der Waals surface area contributed by atoms with Crippen LogP contribution in [0.4, 0.5) is 11.4 Å². The van der Waals surface area contributed by atoms with Crippen molar-refractivity contribution in [2.45, 2.75) is 26.8 Å². The molecule has 0 aliphatic carbocycles. The number of aromatic nitrogens is 1. The van der Waals surface area contributed by atoms with Crippen molar-refractivity contribution in [3.05, 3.63) is 78.0 Å². The second kappa shape index (κ2) is 9.35. The van der Waals surface area contributed by atoms with E-state index in [1.807, 2.05) is 26.0 Å². The molecule has 1 unspecified atom stereocenters. The van der Waals surface area contributed by atoms with Crippen molar-refractivity contribution >= 4 is 17.3 Å². The number of amides is 1. The van der Waals surface area contributed by atoms with Crippen LogP contribution < -0.4 is 10.2 Å². The van der Waals surface area contributed by atoms with Gasteiger partial charge >= 0.3 is 0 Å². The van der Waals surface area contributed by atoms with Crippen LogP contribution in [0.2, 0.25) is 0 Å². The molecule has 4 rings (SSSR count). The number of hydrogen-bond donors (Lipinski definition) is 1. The van der Waals surface area contributed by atoms with Crippen LogP contribution in [0.5, 0.6) is 0 Å². The monoisotopic (exact) mass is 418 g/mol. The number of nitrogens with zero attached hydrogens (tertiary/aromatic N) is 3. The summed E-state index contributed by atoms with van der Waals surface area (Å²) in [5.41, 5.74) is 4.43. The number of carbonyl (C=O) groups is 1. The SMILES string of the molecule is Cc1cc(NC(=O)C(C)C)ccc1N1CCN(C(c2ccccc2)c2ncco2)CC1. The summed E-state index contributed by atoms with van der Waals surface area (Å²) in [5, 5.41) is 2.99. The molecule has 1 fully saturated rings. The number of piperazine rings is 1. The number of anilines is 2. The summed E-state index contributed by atoms with van der Waals surface area (Å²) < 4.78 is 5.69. The highest BCUT2D eigenvalue weighted by molar-refractivity contribution is 5.92. The van der Waals surface area contributed by atoms with Gasteiger partial charge in [-0.2, -0.15) is 0 Å². The van der Waals surface area contributed by atoms with Crippen LogP contribution in [0, 0.1) is 12.8 Å². The fraction of sp³-hybridized carbons (Fsp3) is 0.360. The number of aryl methyl sites for hydroxylation is 1. The Kier molecular flexibility index (Phi) is 6.37. The normalized spacial score (nSPS) is 15.8. The molecule has 6 nitrogen and oxygen atoms in total. The lowest BCUT2D eigenvalue weighted by atomic mass is 10.0. The van der Waals surface area contributed by atoms with Crippen molar-refractivity contribution in [2.75, 3.05) is 36.4 Å². The molecule has 0 radical (unpaired) electrons. The van der Waals surface area contributed by atoms with Gasteiger partial charge in [-0.05, 0) is 36.2 Å². The van der Waals surface area contributed by atoms with Crippen molar-refractivity contribution in [3.63, 3.8) is 0 Å². The van der Waals surface area contributed by atoms with Crippen LogP contribution in [-0.4, -0.2) is 42.0 Å². The van der Waals surface area contributed by atoms with Crippen molar-refractivity contribution < 1.29 is 9.21 Å². The molecule has 1 atom stereocenters. The summed E-state index contributed by atoms with van der Waals surface area (Å²) in [4.78, 5) is 21.3. The molecule has 31 heavy (non-hydrogen) atoms. The summed E-state index contributed by atoms with van der Waals surface area (Å²) >= 11 is 0. The molecule has 0 saturated carbocycles. The molecule has 2 heterocycles. The molecule has 0 bridgehead atoms. The molecule has 162 valence electrons. The Morgan fingerprint density at radius 2 is 1.81 bits per heavy atom. The van der Waals surface area contributed by atoms with Gasteiger partial charge < -0.3 is 14.6 Å². The number of rotatable bonds is 6. The van der Waals surface area contributed by atoms with E-state index in [4.69, 9.17) is 4.42 Å². The summed E-state index contributed by atoms with van der Waals surface area (Å²) in [7, 11) is 0. The minimum atomic E-state index is -0.0331. The van der Waals surface area contributed by atoms with Gasteiger partial charge in [-0.25, -0.2) is 4.98 Å². The molecule has 0 spiro atoms. The van der Waals surface area contributed by atoms with Gasteiger partial charge in [0.15, 0.2) is 0 Å². The molecule has 1 saturated heterocycles. The van der Waals surface area contributed by atoms with Crippen molar-refractivity contribution in [1.82, 2.24) is 9.88 Å². The maximum absolute atomic E-state index is 12.0. The first-order valence-corrected chi connectivity index (χ1v) is 10.9. The van der Waals surface area contributed by atoms with Crippen LogP contribution in [-0.2, 0) is 4.79 Å². The minimum Gasteiger partial charge on any atom is -0.447 e. The fourth-order valence-electron chi connectivity index (χ4n) is 4.11. The van der Waals surface area contributed by atoms with Gasteiger partial charge in [0, 0.05) is 43.5 Å². The quantitative estimate of drug-likeness (QED) is 0.639. The fourth-order valence-corrected chi connectivity index (χ4v) is 4.11. The summed E-state index contributed by atoms with van der Waals surface area (Å²) in [5.74, 6) is 0.745. The summed E-state index contributed by atoms with van der Waals surface area (Å²) in [6.45, 7) is 9.56. The molecule has 1 aliphatic heterocycles. The molecule has 1 N–H and O–H groups in total. The third-order valence-corrected chi connectivity index (χ3v) is 5.81. The highest BCUT2D eigenvalue weighted by Crippen LogP contribution is 2.31. The molecule has 1 amide bonds. The highest BCUT2D eigenvalue weighted by atomic mass is 16.3. The zero-order chi connectivity index (χ0) is 21.8. The number of oxazole rings is 1. The molecule has 2 aromatic carbocycles. The number of carbonyl (C=O) groups excluding carboxylic acids is 1. The van der Waals surface area contributed by atoms with E-state index in [-0.39, 0.29) is 17.9 Å². The van der Waals surface area contributed by atoms with E-state index in [0.717, 1.165) is 37.8 Å². The van der Waals surface area contributed by atoms with Gasteiger partial charge in [-0.1, -0.05) is 44.2 Å². The highest BCUT2D eigenvalue weighted by Gasteiger charge is 2.29. The van der Waals surface area contributed by atoms with E-state index in [0.29, 0.717) is 0 Å². The maximum Gasteiger partial charge on any atom is 0.226 e. The van der Waals surface area contributed by atoms with Crippen LogP contribution in [0.25, 0.3) is 0 Å². The van der Waals surface area contributed by atoms with E-state index in [1.165, 1.54) is 16.8 Å². The predicted molar refractivity (Wildman–Crippen MR) is 123 cm³/mol. The first kappa shape index (κ1) is 21.1. The van der Waals surface area contributed by atoms with Crippen LogP contribution in [0.15, 0.2) is 65.4 Å². The van der Waals surface area contributed by atoms with Crippen LogP contribution in [0.1, 0.15) is 36.9 Å². The minimum absolute atomic E-state index is 0.0214. The molecular formula is C25H30N4O2. The van der Waals surface area contributed by atoms with Gasteiger partial charge in [0.25, 0.3) is 0 Å². The standard InChI is InChI=1S/C25H30N4O2/c1-18(2)24(30)27-21-9-10-22(19(3)17-21)28-12-14-29(15-13-28)23(25-26-11-16-31-25)20-7-5-4-6-8-20/h4-11,16-18,23H,12-15H2,1-3H3,(H,27,30). The van der Waals surface area contributed by atoms with Crippen molar-refractivity contribution in [3.8, 4) is 0 Å². The zero-order valence-electron chi connectivity index (χ0n) is 18.4. The summed E-state index contributed by atoms with van der Waals surface area (Å²) in [6.07, 6.45) is 3.36. The Labute approximate surface area is 183 Å². The smallest absolute Gasteiger partial charge is 0.226 e. The van der Waals surface area contributed by atoms with Crippen LogP contribution in [0.3, 0.4) is 0 Å². The lowest BCUT2D eigenvalue weighted by Crippen LogP contribution is -2.48. The van der Waals surface area contributed by atoms with Gasteiger partial charge in [-0.3, -0.25) is 9.69 Å². The average molecular weight is 419 g/mol. The van der Waals surface area contributed by atoms with Crippen molar-refractivity contribution in [1.29, 1.82) is 0 Å². The Morgan fingerprint density at radius 1 is 1.06 bits per heavy atom. The number of nitrogens with one attached hydrogen (secondary N) is 1. The number of hydrogen-bond acceptors (Lipinski definition) is 5. The lowest BCUT2D eigenvalue weighted by molar-refractivity contribution is -0.118. The largest absolute Gasteiger partial charge is 0.447 e. The third kappa shape index (κ3) is 4.80. The topological polar surface area (TPSA) is 61.6 Å². The van der Waals surface area contributed by atoms with E-state index >= 15 is 0 Å². The van der Waals surface area contributed by atoms with Gasteiger partial charge in [-0.15, -0.1) is 0 Å². The molecule has 1 aliphatic rings. The lowest BCUT2D eigenvalue weighted by Gasteiger charge is -2.40. The third-order valence-electron chi connectivity index (χ3n) is 5.81. The van der Waals surface area contributed by atoms with E-state index in [1.54, 1.807) is 12.5 Å². The molecular weight excluding hydrogens is 388 g/mol. The maximum atomic E-state index is 12.0. The van der Waals surface area contributed by atoms with Crippen LogP contribution >= 0.6 is 0 Å². The van der Waals surface area contributed by atoms with E-state index in [2.05, 4.69) is 63.4 Å². The van der Waals surface area contributed by atoms with Crippen molar-refractivity contribution in [2.24, 2.45) is 5.92 Å². The van der Waals surface area contributed by atoms with Gasteiger partial charge in [0.2, 0.25) is 11.8 Å². The Hall–Kier alpha value is -3.12. The second-order valence-electron chi connectivity index (χ2n) is 8.35. The molecule has 6 heteroatoms. The first-order valence-electron chi connectivity index (χ1n) is 10.9. The Balaban J connectivity index is 1.46. The van der Waals surface area contributed by atoms with Gasteiger partial charge in [0.05, 0.1) is 6.20 Å². The van der Waals surface area contributed by atoms with Gasteiger partial charge in [0.1, 0.15) is 12.3 Å². The number of benzene rings is 2. The molecule has 1 aromatic heterocycles. The van der Waals surface area contributed by atoms with E-state index < -0.39 is 0 Å². The second-order valence-corrected chi connectivity index (χ2v) is 8.35. The predicted octanol–water partition coefficient (Wildman–Crippen LogP) is 4.49.